The molecule has 1 fully saturated rings. The van der Waals surface area contributed by atoms with Crippen LogP contribution in [0.4, 0.5) is 4.79 Å². The van der Waals surface area contributed by atoms with Crippen LogP contribution in [0.15, 0.2) is 18.2 Å². The van der Waals surface area contributed by atoms with E-state index in [1.165, 1.54) is 19.1 Å². The highest BCUT2D eigenvalue weighted by molar-refractivity contribution is 6.00. The summed E-state index contributed by atoms with van der Waals surface area (Å²) in [5.74, 6) is 0.940. The minimum Gasteiger partial charge on any atom is -0.493 e. The van der Waals surface area contributed by atoms with Crippen molar-refractivity contribution in [2.24, 2.45) is 0 Å². The number of hydrogen-bond acceptors (Lipinski definition) is 4. The lowest BCUT2D eigenvalue weighted by Gasteiger charge is -2.14. The minimum absolute atomic E-state index is 0.0708. The first-order chi connectivity index (χ1) is 9.15. The molecule has 2 amide bonds. The van der Waals surface area contributed by atoms with Gasteiger partial charge in [-0.25, -0.2) is 4.79 Å². The Morgan fingerprint density at radius 3 is 2.63 bits per heavy atom. The Hall–Kier alpha value is -2.24. The number of benzene rings is 1. The van der Waals surface area contributed by atoms with Gasteiger partial charge in [-0.1, -0.05) is 0 Å². The summed E-state index contributed by atoms with van der Waals surface area (Å²) in [5.41, 5.74) is 0.498. The molecule has 1 aromatic carbocycles. The van der Waals surface area contributed by atoms with Crippen molar-refractivity contribution in [2.45, 2.75) is 0 Å². The molecule has 6 heteroatoms. The maximum atomic E-state index is 12.1. The summed E-state index contributed by atoms with van der Waals surface area (Å²) in [6.45, 7) is 1.21. The average Bonchev–Trinajstić information content (AvgIpc) is 2.83. The summed E-state index contributed by atoms with van der Waals surface area (Å²) in [7, 11) is 3.05. The summed E-state index contributed by atoms with van der Waals surface area (Å²) >= 11 is 0. The number of nitrogens with zero attached hydrogens (tertiary/aromatic N) is 1. The van der Waals surface area contributed by atoms with E-state index in [0.717, 1.165) is 0 Å². The molecule has 6 nitrogen and oxygen atoms in total. The Bertz CT molecular complexity index is 501. The Balaban J connectivity index is 2.12. The van der Waals surface area contributed by atoms with E-state index in [9.17, 15) is 9.59 Å². The van der Waals surface area contributed by atoms with Gasteiger partial charge < -0.3 is 19.7 Å². The standard InChI is InChI=1S/C13H16N2O4/c1-18-11-4-3-9(7-12(11)19-2)10(16)8-15-6-5-14-13(15)17/h3-4,7H,5-6,8H2,1-2H3,(H,14,17). The summed E-state index contributed by atoms with van der Waals surface area (Å²) in [6, 6.07) is 4.76. The Morgan fingerprint density at radius 2 is 2.05 bits per heavy atom. The van der Waals surface area contributed by atoms with Gasteiger partial charge in [-0.3, -0.25) is 4.79 Å². The van der Waals surface area contributed by atoms with Crippen LogP contribution in [-0.2, 0) is 0 Å². The van der Waals surface area contributed by atoms with E-state index in [1.807, 2.05) is 0 Å². The van der Waals surface area contributed by atoms with Crippen LogP contribution in [0.25, 0.3) is 0 Å². The molecule has 1 saturated heterocycles. The molecule has 0 unspecified atom stereocenters. The third kappa shape index (κ3) is 2.78. The first-order valence-corrected chi connectivity index (χ1v) is 5.93. The molecule has 0 bridgehead atoms. The zero-order valence-corrected chi connectivity index (χ0v) is 10.9. The number of carbonyl (C=O) groups is 2. The minimum atomic E-state index is -0.200. The van der Waals surface area contributed by atoms with Crippen LogP contribution in [0.5, 0.6) is 11.5 Å². The second kappa shape index (κ2) is 5.60. The largest absolute Gasteiger partial charge is 0.493 e. The van der Waals surface area contributed by atoms with Crippen LogP contribution in [0.1, 0.15) is 10.4 Å². The summed E-state index contributed by atoms with van der Waals surface area (Å²) in [4.78, 5) is 25.0. The fourth-order valence-corrected chi connectivity index (χ4v) is 1.94. The van der Waals surface area contributed by atoms with Crippen LogP contribution >= 0.6 is 0 Å². The smallest absolute Gasteiger partial charge is 0.317 e. The highest BCUT2D eigenvalue weighted by atomic mass is 16.5. The normalized spacial score (nSPS) is 14.2. The Kier molecular flexibility index (Phi) is 3.89. The maximum absolute atomic E-state index is 12.1. The summed E-state index contributed by atoms with van der Waals surface area (Å²) in [6.07, 6.45) is 0. The van der Waals surface area contributed by atoms with Crippen molar-refractivity contribution in [3.63, 3.8) is 0 Å². The average molecular weight is 264 g/mol. The SMILES string of the molecule is COc1ccc(C(=O)CN2CCNC2=O)cc1OC. The molecule has 1 N–H and O–H groups in total. The Labute approximate surface area is 111 Å². The van der Waals surface area contributed by atoms with E-state index in [4.69, 9.17) is 9.47 Å². The zero-order chi connectivity index (χ0) is 13.8. The molecule has 0 spiro atoms. The van der Waals surface area contributed by atoms with Gasteiger partial charge in [-0.05, 0) is 18.2 Å². The van der Waals surface area contributed by atoms with Gasteiger partial charge in [0.25, 0.3) is 0 Å². The van der Waals surface area contributed by atoms with Gasteiger partial charge in [0.2, 0.25) is 0 Å². The Morgan fingerprint density at radius 1 is 1.32 bits per heavy atom. The fourth-order valence-electron chi connectivity index (χ4n) is 1.94. The molecule has 1 aliphatic rings. The molecule has 1 aliphatic heterocycles. The van der Waals surface area contributed by atoms with Crippen molar-refractivity contribution < 1.29 is 19.1 Å². The molecule has 1 heterocycles. The predicted molar refractivity (Wildman–Crippen MR) is 68.8 cm³/mol. The van der Waals surface area contributed by atoms with Crippen molar-refractivity contribution in [2.75, 3.05) is 33.9 Å². The van der Waals surface area contributed by atoms with Gasteiger partial charge in [0.1, 0.15) is 0 Å². The molecule has 2 rings (SSSR count). The van der Waals surface area contributed by atoms with Crippen LogP contribution in [0, 0.1) is 0 Å². The molecule has 0 aromatic heterocycles. The summed E-state index contributed by atoms with van der Waals surface area (Å²) < 4.78 is 10.3. The molecule has 0 saturated carbocycles. The number of Topliss-reactive ketones (excluding diaryl/α,β-unsaturated/α-hetero) is 1. The van der Waals surface area contributed by atoms with Gasteiger partial charge >= 0.3 is 6.03 Å². The number of nitrogens with one attached hydrogen (secondary N) is 1. The topological polar surface area (TPSA) is 67.9 Å². The van der Waals surface area contributed by atoms with Crippen LogP contribution in [0.2, 0.25) is 0 Å². The molecule has 102 valence electrons. The van der Waals surface area contributed by atoms with E-state index in [-0.39, 0.29) is 18.4 Å². The number of carbonyl (C=O) groups excluding carboxylic acids is 2. The molecule has 19 heavy (non-hydrogen) atoms. The number of methoxy groups -OCH3 is 2. The molecular weight excluding hydrogens is 248 g/mol. The monoisotopic (exact) mass is 264 g/mol. The van der Waals surface area contributed by atoms with Gasteiger partial charge in [-0.2, -0.15) is 0 Å². The third-order valence-corrected chi connectivity index (χ3v) is 2.99. The lowest BCUT2D eigenvalue weighted by Crippen LogP contribution is -2.33. The quantitative estimate of drug-likeness (QED) is 0.803. The molecule has 1 aromatic rings. The van der Waals surface area contributed by atoms with E-state index >= 15 is 0 Å². The lowest BCUT2D eigenvalue weighted by molar-refractivity contribution is 0.0954. The number of hydrogen-bond donors (Lipinski definition) is 1. The second-order valence-corrected chi connectivity index (χ2v) is 4.15. The van der Waals surface area contributed by atoms with Crippen LogP contribution < -0.4 is 14.8 Å². The number of ether oxygens (including phenoxy) is 2. The summed E-state index contributed by atoms with van der Waals surface area (Å²) in [5, 5.41) is 2.66. The van der Waals surface area contributed by atoms with Crippen LogP contribution in [-0.4, -0.2) is 50.6 Å². The van der Waals surface area contributed by atoms with E-state index in [0.29, 0.717) is 30.2 Å². The molecule has 0 radical (unpaired) electrons. The van der Waals surface area contributed by atoms with Gasteiger partial charge in [0.05, 0.1) is 20.8 Å². The van der Waals surface area contributed by atoms with Crippen molar-refractivity contribution in [3.8, 4) is 11.5 Å². The van der Waals surface area contributed by atoms with Crippen molar-refractivity contribution in [3.05, 3.63) is 23.8 Å². The highest BCUT2D eigenvalue weighted by Crippen LogP contribution is 2.27. The first-order valence-electron chi connectivity index (χ1n) is 5.93. The van der Waals surface area contributed by atoms with Crippen molar-refractivity contribution in [1.82, 2.24) is 10.2 Å². The van der Waals surface area contributed by atoms with Crippen molar-refractivity contribution >= 4 is 11.8 Å². The fraction of sp³-hybridized carbons (Fsp3) is 0.385. The second-order valence-electron chi connectivity index (χ2n) is 4.15. The molecule has 0 atom stereocenters. The van der Waals surface area contributed by atoms with E-state index in [1.54, 1.807) is 18.2 Å². The molecular formula is C13H16N2O4. The van der Waals surface area contributed by atoms with E-state index in [2.05, 4.69) is 5.32 Å². The van der Waals surface area contributed by atoms with Crippen molar-refractivity contribution in [1.29, 1.82) is 0 Å². The van der Waals surface area contributed by atoms with Gasteiger partial charge in [0.15, 0.2) is 17.3 Å². The lowest BCUT2D eigenvalue weighted by atomic mass is 10.1. The first kappa shape index (κ1) is 13.2. The predicted octanol–water partition coefficient (Wildman–Crippen LogP) is 0.912. The number of ketones is 1. The van der Waals surface area contributed by atoms with Crippen LogP contribution in [0.3, 0.4) is 0 Å². The highest BCUT2D eigenvalue weighted by Gasteiger charge is 2.22. The van der Waals surface area contributed by atoms with Gasteiger partial charge in [0, 0.05) is 18.7 Å². The van der Waals surface area contributed by atoms with E-state index < -0.39 is 0 Å². The molecule has 0 aliphatic carbocycles. The number of rotatable bonds is 5. The zero-order valence-electron chi connectivity index (χ0n) is 10.9. The number of urea groups is 1. The van der Waals surface area contributed by atoms with Gasteiger partial charge in [-0.15, -0.1) is 0 Å². The third-order valence-electron chi connectivity index (χ3n) is 2.99. The number of amides is 2. The maximum Gasteiger partial charge on any atom is 0.317 e.